The van der Waals surface area contributed by atoms with Crippen molar-refractivity contribution in [3.8, 4) is 0 Å². The zero-order valence-electron chi connectivity index (χ0n) is 11.4. The zero-order valence-corrected chi connectivity index (χ0v) is 11.4. The quantitative estimate of drug-likeness (QED) is 0.850. The summed E-state index contributed by atoms with van der Waals surface area (Å²) >= 11 is 0. The lowest BCUT2D eigenvalue weighted by Gasteiger charge is -2.28. The van der Waals surface area contributed by atoms with E-state index in [2.05, 4.69) is 48.1 Å². The zero-order chi connectivity index (χ0) is 12.3. The number of rotatable bonds is 5. The van der Waals surface area contributed by atoms with Gasteiger partial charge in [-0.05, 0) is 45.7 Å². The maximum Gasteiger partial charge on any atom is 0.0643 e. The minimum absolute atomic E-state index is 0.324. The van der Waals surface area contributed by atoms with Gasteiger partial charge in [0, 0.05) is 24.2 Å². The summed E-state index contributed by atoms with van der Waals surface area (Å²) in [4.78, 5) is 0. The molecule has 1 aliphatic heterocycles. The summed E-state index contributed by atoms with van der Waals surface area (Å²) in [5, 5.41) is 8.39. The second-order valence-corrected chi connectivity index (χ2v) is 5.62. The molecule has 2 rings (SSSR count). The first kappa shape index (κ1) is 12.6. The summed E-state index contributed by atoms with van der Waals surface area (Å²) in [7, 11) is 0. The Morgan fingerprint density at radius 1 is 1.53 bits per heavy atom. The molecule has 0 aliphatic carbocycles. The lowest BCUT2D eigenvalue weighted by molar-refractivity contribution is 0.337. The molecule has 0 amide bonds. The molecule has 1 saturated heterocycles. The largest absolute Gasteiger partial charge is 0.311 e. The first-order valence-electron chi connectivity index (χ1n) is 6.94. The van der Waals surface area contributed by atoms with Gasteiger partial charge < -0.3 is 5.32 Å². The third-order valence-electron chi connectivity index (χ3n) is 3.77. The second kappa shape index (κ2) is 5.21. The highest BCUT2D eigenvalue weighted by molar-refractivity contribution is 5.08. The molecule has 1 aromatic rings. The van der Waals surface area contributed by atoms with E-state index in [1.165, 1.54) is 37.9 Å². The molecular weight excluding hydrogens is 210 g/mol. The molecule has 0 aromatic carbocycles. The van der Waals surface area contributed by atoms with Crippen LogP contribution >= 0.6 is 0 Å². The molecule has 1 N–H and O–H groups in total. The molecule has 0 bridgehead atoms. The molecular formula is C14H25N3. The van der Waals surface area contributed by atoms with Gasteiger partial charge in [0.05, 0.1) is 5.69 Å². The highest BCUT2D eigenvalue weighted by Crippen LogP contribution is 2.28. The molecule has 0 radical (unpaired) electrons. The third-order valence-corrected chi connectivity index (χ3v) is 3.77. The van der Waals surface area contributed by atoms with Crippen LogP contribution in [0.15, 0.2) is 12.3 Å². The normalized spacial score (nSPS) is 24.7. The summed E-state index contributed by atoms with van der Waals surface area (Å²) in [6.07, 6.45) is 8.31. The summed E-state index contributed by atoms with van der Waals surface area (Å²) in [5.74, 6) is 0. The highest BCUT2D eigenvalue weighted by Gasteiger charge is 2.33. The Balaban J connectivity index is 2.06. The smallest absolute Gasteiger partial charge is 0.0643 e. The van der Waals surface area contributed by atoms with E-state index in [-0.39, 0.29) is 0 Å². The lowest BCUT2D eigenvalue weighted by atomic mass is 9.87. The van der Waals surface area contributed by atoms with Crippen LogP contribution in [0.25, 0.3) is 0 Å². The Morgan fingerprint density at radius 3 is 2.88 bits per heavy atom. The van der Waals surface area contributed by atoms with Crippen LogP contribution in [0.5, 0.6) is 0 Å². The lowest BCUT2D eigenvalue weighted by Crippen LogP contribution is -2.41. The first-order chi connectivity index (χ1) is 8.15. The predicted molar refractivity (Wildman–Crippen MR) is 71.2 cm³/mol. The van der Waals surface area contributed by atoms with Gasteiger partial charge in [-0.15, -0.1) is 0 Å². The van der Waals surface area contributed by atoms with E-state index in [0.717, 1.165) is 6.42 Å². The van der Waals surface area contributed by atoms with E-state index in [0.29, 0.717) is 11.6 Å². The molecule has 1 atom stereocenters. The predicted octanol–water partition coefficient (Wildman–Crippen LogP) is 2.93. The highest BCUT2D eigenvalue weighted by atomic mass is 15.3. The summed E-state index contributed by atoms with van der Waals surface area (Å²) in [6, 6.07) is 2.64. The second-order valence-electron chi connectivity index (χ2n) is 5.62. The van der Waals surface area contributed by atoms with Gasteiger partial charge in [-0.2, -0.15) is 5.10 Å². The van der Waals surface area contributed by atoms with Gasteiger partial charge in [0.15, 0.2) is 0 Å². The summed E-state index contributed by atoms with van der Waals surface area (Å²) in [5.41, 5.74) is 1.56. The third kappa shape index (κ3) is 2.89. The number of hydrogen-bond acceptors (Lipinski definition) is 2. The molecule has 3 nitrogen and oxygen atoms in total. The molecule has 1 fully saturated rings. The van der Waals surface area contributed by atoms with Crippen LogP contribution in [0.4, 0.5) is 0 Å². The number of nitrogens with one attached hydrogen (secondary N) is 1. The minimum Gasteiger partial charge on any atom is -0.311 e. The van der Waals surface area contributed by atoms with Crippen molar-refractivity contribution in [3.63, 3.8) is 0 Å². The summed E-state index contributed by atoms with van der Waals surface area (Å²) in [6.45, 7) is 7.79. The SMILES string of the molecule is CCCC1(Cc2ccn(C(C)C)n2)CCCN1. The van der Waals surface area contributed by atoms with Crippen LogP contribution in [-0.2, 0) is 6.42 Å². The van der Waals surface area contributed by atoms with Crippen molar-refractivity contribution in [2.75, 3.05) is 6.54 Å². The fraction of sp³-hybridized carbons (Fsp3) is 0.786. The molecule has 0 saturated carbocycles. The Morgan fingerprint density at radius 2 is 2.35 bits per heavy atom. The molecule has 1 unspecified atom stereocenters. The summed E-state index contributed by atoms with van der Waals surface area (Å²) < 4.78 is 2.06. The van der Waals surface area contributed by atoms with Gasteiger partial charge in [0.2, 0.25) is 0 Å². The van der Waals surface area contributed by atoms with E-state index in [1.54, 1.807) is 0 Å². The van der Waals surface area contributed by atoms with Crippen LogP contribution in [0.1, 0.15) is 58.2 Å². The molecule has 3 heteroatoms. The maximum absolute atomic E-state index is 4.68. The van der Waals surface area contributed by atoms with Crippen molar-refractivity contribution in [1.29, 1.82) is 0 Å². The van der Waals surface area contributed by atoms with E-state index >= 15 is 0 Å². The van der Waals surface area contributed by atoms with Crippen molar-refractivity contribution >= 4 is 0 Å². The van der Waals surface area contributed by atoms with Crippen molar-refractivity contribution in [2.24, 2.45) is 0 Å². The number of aromatic nitrogens is 2. The Hall–Kier alpha value is -0.830. The van der Waals surface area contributed by atoms with Crippen LogP contribution < -0.4 is 5.32 Å². The van der Waals surface area contributed by atoms with Crippen LogP contribution in [0.3, 0.4) is 0 Å². The van der Waals surface area contributed by atoms with Gasteiger partial charge in [0.1, 0.15) is 0 Å². The minimum atomic E-state index is 0.324. The number of nitrogens with zero attached hydrogens (tertiary/aromatic N) is 2. The van der Waals surface area contributed by atoms with Gasteiger partial charge in [-0.25, -0.2) is 0 Å². The topological polar surface area (TPSA) is 29.9 Å². The molecule has 17 heavy (non-hydrogen) atoms. The maximum atomic E-state index is 4.68. The van der Waals surface area contributed by atoms with Gasteiger partial charge >= 0.3 is 0 Å². The molecule has 96 valence electrons. The van der Waals surface area contributed by atoms with Gasteiger partial charge in [-0.3, -0.25) is 4.68 Å². The van der Waals surface area contributed by atoms with E-state index in [1.807, 2.05) is 0 Å². The monoisotopic (exact) mass is 235 g/mol. The standard InChI is InChI=1S/C14H25N3/c1-4-7-14(8-5-9-15-14)11-13-6-10-17(16-13)12(2)3/h6,10,12,15H,4-5,7-9,11H2,1-3H3. The van der Waals surface area contributed by atoms with E-state index in [9.17, 15) is 0 Å². The molecule has 1 aliphatic rings. The fourth-order valence-electron chi connectivity index (χ4n) is 2.91. The van der Waals surface area contributed by atoms with E-state index < -0.39 is 0 Å². The van der Waals surface area contributed by atoms with Gasteiger partial charge in [0.25, 0.3) is 0 Å². The molecule has 0 spiro atoms. The fourth-order valence-corrected chi connectivity index (χ4v) is 2.91. The van der Waals surface area contributed by atoms with Crippen LogP contribution in [-0.4, -0.2) is 21.9 Å². The number of hydrogen-bond donors (Lipinski definition) is 1. The van der Waals surface area contributed by atoms with Crippen molar-refractivity contribution < 1.29 is 0 Å². The van der Waals surface area contributed by atoms with Crippen LogP contribution in [0.2, 0.25) is 0 Å². The molecule has 2 heterocycles. The molecule has 1 aromatic heterocycles. The van der Waals surface area contributed by atoms with Crippen molar-refractivity contribution in [2.45, 2.75) is 64.5 Å². The Labute approximate surface area is 105 Å². The Kier molecular flexibility index (Phi) is 3.87. The Bertz CT molecular complexity index is 348. The van der Waals surface area contributed by atoms with Crippen LogP contribution in [0, 0.1) is 0 Å². The first-order valence-corrected chi connectivity index (χ1v) is 6.94. The van der Waals surface area contributed by atoms with Crippen molar-refractivity contribution in [1.82, 2.24) is 15.1 Å². The average Bonchev–Trinajstić information content (AvgIpc) is 2.89. The van der Waals surface area contributed by atoms with E-state index in [4.69, 9.17) is 0 Å². The average molecular weight is 235 g/mol. The van der Waals surface area contributed by atoms with Crippen molar-refractivity contribution in [3.05, 3.63) is 18.0 Å². The van der Waals surface area contributed by atoms with Gasteiger partial charge in [-0.1, -0.05) is 13.3 Å².